The van der Waals surface area contributed by atoms with Crippen molar-refractivity contribution in [1.82, 2.24) is 0 Å². The second-order valence-corrected chi connectivity index (χ2v) is 8.35. The normalized spacial score (nSPS) is 12.7. The molecule has 0 saturated carbocycles. The van der Waals surface area contributed by atoms with Crippen LogP contribution in [0.1, 0.15) is 11.1 Å². The fourth-order valence-corrected chi connectivity index (χ4v) is 3.65. The fourth-order valence-electron chi connectivity index (χ4n) is 3.65. The molecule has 10 nitrogen and oxygen atoms in total. The first-order valence-electron chi connectivity index (χ1n) is 11.6. The van der Waals surface area contributed by atoms with Crippen LogP contribution < -0.4 is 15.1 Å². The zero-order chi connectivity index (χ0) is 27.1. The first-order chi connectivity index (χ1) is 18.3. The molecule has 0 aliphatic carbocycles. The average Bonchev–Trinajstić information content (AvgIpc) is 3.26. The van der Waals surface area contributed by atoms with Gasteiger partial charge in [0, 0.05) is 42.7 Å². The zero-order valence-corrected chi connectivity index (χ0v) is 20.4. The maximum Gasteiger partial charge on any atom is 0.411 e. The van der Waals surface area contributed by atoms with Gasteiger partial charge < -0.3 is 9.64 Å². The van der Waals surface area contributed by atoms with Gasteiger partial charge in [0.25, 0.3) is 17.5 Å². The Morgan fingerprint density at radius 2 is 1.47 bits per heavy atom. The molecule has 10 heteroatoms. The lowest BCUT2D eigenvalue weighted by Gasteiger charge is -2.19. The summed E-state index contributed by atoms with van der Waals surface area (Å²) in [5, 5.41) is 13.4. The number of benzene rings is 3. The number of nitrogens with zero attached hydrogens (tertiary/aromatic N) is 3. The standard InChI is InChI=1S/C28H24N4O6/c1-30(23-10-4-20(5-11-23)2-3-21-6-12-25(13-7-21)32(36)37)18-19-38-28(35)29-22-8-14-24(15-9-22)31-26(33)16-17-27(31)34/h2-17H,18-19H2,1H3,(H,29,35)/b3-2+. The summed E-state index contributed by atoms with van der Waals surface area (Å²) in [6.07, 6.45) is 5.60. The van der Waals surface area contributed by atoms with Gasteiger partial charge in [0.05, 0.1) is 17.2 Å². The molecule has 38 heavy (non-hydrogen) atoms. The Bertz CT molecular complexity index is 1380. The molecule has 0 radical (unpaired) electrons. The van der Waals surface area contributed by atoms with Crippen molar-refractivity contribution in [2.75, 3.05) is 35.3 Å². The van der Waals surface area contributed by atoms with E-state index in [9.17, 15) is 24.5 Å². The van der Waals surface area contributed by atoms with Gasteiger partial charge >= 0.3 is 6.09 Å². The fraction of sp³-hybridized carbons (Fsp3) is 0.107. The summed E-state index contributed by atoms with van der Waals surface area (Å²) < 4.78 is 5.26. The number of anilines is 3. The molecule has 192 valence electrons. The third-order valence-corrected chi connectivity index (χ3v) is 5.75. The predicted octanol–water partition coefficient (Wildman–Crippen LogP) is 4.88. The van der Waals surface area contributed by atoms with Gasteiger partial charge in [-0.05, 0) is 59.7 Å². The third kappa shape index (κ3) is 6.49. The number of ether oxygens (including phenoxy) is 1. The summed E-state index contributed by atoms with van der Waals surface area (Å²) >= 11 is 0. The first-order valence-corrected chi connectivity index (χ1v) is 11.6. The Labute approximate surface area is 218 Å². The minimum Gasteiger partial charge on any atom is -0.447 e. The number of carbonyl (C=O) groups excluding carboxylic acids is 3. The lowest BCUT2D eigenvalue weighted by Crippen LogP contribution is -2.29. The Morgan fingerprint density at radius 1 is 0.921 bits per heavy atom. The molecule has 0 aromatic heterocycles. The SMILES string of the molecule is CN(CCOC(=O)Nc1ccc(N2C(=O)C=CC2=O)cc1)c1ccc(/C=C/c2ccc([N+](=O)[O-])cc2)cc1. The third-order valence-electron chi connectivity index (χ3n) is 5.75. The minimum absolute atomic E-state index is 0.0537. The summed E-state index contributed by atoms with van der Waals surface area (Å²) in [5.74, 6) is -0.819. The van der Waals surface area contributed by atoms with E-state index in [1.165, 1.54) is 24.3 Å². The van der Waals surface area contributed by atoms with E-state index in [4.69, 9.17) is 4.74 Å². The van der Waals surface area contributed by atoms with Crippen LogP contribution in [0.5, 0.6) is 0 Å². The highest BCUT2D eigenvalue weighted by molar-refractivity contribution is 6.28. The average molecular weight is 513 g/mol. The predicted molar refractivity (Wildman–Crippen MR) is 145 cm³/mol. The van der Waals surface area contributed by atoms with E-state index in [0.717, 1.165) is 21.7 Å². The molecular weight excluding hydrogens is 488 g/mol. The van der Waals surface area contributed by atoms with Gasteiger partial charge in [0.15, 0.2) is 0 Å². The number of hydrogen-bond donors (Lipinski definition) is 1. The van der Waals surface area contributed by atoms with Gasteiger partial charge in [-0.25, -0.2) is 9.69 Å². The number of non-ortho nitro benzene ring substituents is 1. The van der Waals surface area contributed by atoms with Crippen molar-refractivity contribution in [2.45, 2.75) is 0 Å². The maximum atomic E-state index is 12.1. The van der Waals surface area contributed by atoms with Gasteiger partial charge in [-0.3, -0.25) is 25.0 Å². The van der Waals surface area contributed by atoms with Gasteiger partial charge in [-0.15, -0.1) is 0 Å². The van der Waals surface area contributed by atoms with E-state index in [-0.39, 0.29) is 12.3 Å². The Kier molecular flexibility index (Phi) is 7.92. The molecular formula is C28H24N4O6. The molecule has 0 saturated heterocycles. The Hall–Kier alpha value is -5.25. The summed E-state index contributed by atoms with van der Waals surface area (Å²) in [5.41, 5.74) is 3.71. The van der Waals surface area contributed by atoms with Gasteiger partial charge in [-0.1, -0.05) is 24.3 Å². The van der Waals surface area contributed by atoms with Crippen LogP contribution in [0.4, 0.5) is 27.5 Å². The highest BCUT2D eigenvalue weighted by Gasteiger charge is 2.24. The van der Waals surface area contributed by atoms with Crippen molar-refractivity contribution in [3.63, 3.8) is 0 Å². The molecule has 0 atom stereocenters. The van der Waals surface area contributed by atoms with Crippen LogP contribution in [0, 0.1) is 10.1 Å². The van der Waals surface area contributed by atoms with Crippen molar-refractivity contribution in [2.24, 2.45) is 0 Å². The van der Waals surface area contributed by atoms with Crippen LogP contribution in [-0.4, -0.2) is 43.0 Å². The molecule has 1 heterocycles. The summed E-state index contributed by atoms with van der Waals surface area (Å²) in [6, 6.07) is 20.4. The van der Waals surface area contributed by atoms with Crippen LogP contribution in [0.15, 0.2) is 84.9 Å². The van der Waals surface area contributed by atoms with E-state index < -0.39 is 22.8 Å². The van der Waals surface area contributed by atoms with E-state index in [1.54, 1.807) is 36.4 Å². The molecule has 0 unspecified atom stereocenters. The van der Waals surface area contributed by atoms with Crippen LogP contribution >= 0.6 is 0 Å². The number of hydrogen-bond acceptors (Lipinski definition) is 7. The van der Waals surface area contributed by atoms with Crippen molar-refractivity contribution in [3.8, 4) is 0 Å². The summed E-state index contributed by atoms with van der Waals surface area (Å²) in [7, 11) is 1.89. The van der Waals surface area contributed by atoms with Gasteiger partial charge in [0.2, 0.25) is 0 Å². The van der Waals surface area contributed by atoms with Gasteiger partial charge in [-0.2, -0.15) is 0 Å². The Morgan fingerprint density at radius 3 is 2.03 bits per heavy atom. The zero-order valence-electron chi connectivity index (χ0n) is 20.4. The quantitative estimate of drug-likeness (QED) is 0.188. The number of amides is 3. The van der Waals surface area contributed by atoms with E-state index >= 15 is 0 Å². The number of imide groups is 1. The van der Waals surface area contributed by atoms with Crippen LogP contribution in [0.25, 0.3) is 12.2 Å². The molecule has 0 spiro atoms. The highest BCUT2D eigenvalue weighted by atomic mass is 16.6. The molecule has 0 bridgehead atoms. The molecule has 3 aromatic rings. The molecule has 1 aliphatic heterocycles. The second-order valence-electron chi connectivity index (χ2n) is 8.35. The molecule has 1 aliphatic rings. The molecule has 3 amide bonds. The first kappa shape index (κ1) is 25.8. The van der Waals surface area contributed by atoms with E-state index in [2.05, 4.69) is 5.32 Å². The number of nitro benzene ring substituents is 1. The smallest absolute Gasteiger partial charge is 0.411 e. The molecule has 1 N–H and O–H groups in total. The van der Waals surface area contributed by atoms with E-state index in [1.807, 2.05) is 48.4 Å². The summed E-state index contributed by atoms with van der Waals surface area (Å²) in [4.78, 5) is 49.0. The maximum absolute atomic E-state index is 12.1. The molecule has 0 fully saturated rings. The number of carbonyl (C=O) groups is 3. The van der Waals surface area contributed by atoms with E-state index in [0.29, 0.717) is 17.9 Å². The highest BCUT2D eigenvalue weighted by Crippen LogP contribution is 2.22. The Balaban J connectivity index is 1.21. The lowest BCUT2D eigenvalue weighted by atomic mass is 10.1. The van der Waals surface area contributed by atoms with Crippen LogP contribution in [0.2, 0.25) is 0 Å². The number of rotatable bonds is 9. The second kappa shape index (κ2) is 11.7. The van der Waals surface area contributed by atoms with Crippen molar-refractivity contribution in [3.05, 3.63) is 106 Å². The minimum atomic E-state index is -0.618. The van der Waals surface area contributed by atoms with Crippen molar-refractivity contribution < 1.29 is 24.0 Å². The summed E-state index contributed by atoms with van der Waals surface area (Å²) in [6.45, 7) is 0.626. The largest absolute Gasteiger partial charge is 0.447 e. The monoisotopic (exact) mass is 512 g/mol. The lowest BCUT2D eigenvalue weighted by molar-refractivity contribution is -0.384. The molecule has 4 rings (SSSR count). The van der Waals surface area contributed by atoms with Crippen LogP contribution in [0.3, 0.4) is 0 Å². The number of nitro groups is 1. The van der Waals surface area contributed by atoms with Crippen molar-refractivity contribution >= 4 is 52.8 Å². The molecule has 3 aromatic carbocycles. The number of nitrogens with one attached hydrogen (secondary N) is 1. The number of likely N-dealkylation sites (N-methyl/N-ethyl adjacent to an activating group) is 1. The topological polar surface area (TPSA) is 122 Å². The van der Waals surface area contributed by atoms with Gasteiger partial charge in [0.1, 0.15) is 6.61 Å². The van der Waals surface area contributed by atoms with Crippen LogP contribution in [-0.2, 0) is 14.3 Å². The van der Waals surface area contributed by atoms with Crippen molar-refractivity contribution in [1.29, 1.82) is 0 Å².